The van der Waals surface area contributed by atoms with E-state index in [-0.39, 0.29) is 11.6 Å². The molecular formula is C20H18N4O4. The molecule has 0 saturated carbocycles. The molecule has 28 heavy (non-hydrogen) atoms. The summed E-state index contributed by atoms with van der Waals surface area (Å²) >= 11 is 0. The van der Waals surface area contributed by atoms with Gasteiger partial charge in [0.2, 0.25) is 0 Å². The maximum atomic E-state index is 12.6. The second-order valence-electron chi connectivity index (χ2n) is 6.38. The van der Waals surface area contributed by atoms with E-state index in [1.165, 1.54) is 4.57 Å². The standard InChI is InChI=1S/C20H18N4O4/c1-12-4-7-17(27-3)16(10-12)24-9-8-14(22-24)19(25)21-13-5-6-15-18(11-13)28-20(26)23(15)2/h4-11H,1-3H3,(H,21,25). The minimum Gasteiger partial charge on any atom is -0.494 e. The quantitative estimate of drug-likeness (QED) is 0.590. The summed E-state index contributed by atoms with van der Waals surface area (Å²) in [5.41, 5.74) is 3.61. The highest BCUT2D eigenvalue weighted by Gasteiger charge is 2.14. The summed E-state index contributed by atoms with van der Waals surface area (Å²) in [6.07, 6.45) is 1.70. The Balaban J connectivity index is 1.60. The van der Waals surface area contributed by atoms with E-state index < -0.39 is 5.76 Å². The molecule has 0 atom stereocenters. The van der Waals surface area contributed by atoms with Crippen LogP contribution < -0.4 is 15.8 Å². The maximum absolute atomic E-state index is 12.6. The van der Waals surface area contributed by atoms with Gasteiger partial charge >= 0.3 is 5.76 Å². The molecule has 2 aromatic heterocycles. The highest BCUT2D eigenvalue weighted by Crippen LogP contribution is 2.24. The minimum absolute atomic E-state index is 0.248. The van der Waals surface area contributed by atoms with E-state index in [1.54, 1.807) is 49.3 Å². The lowest BCUT2D eigenvalue weighted by molar-refractivity contribution is 0.102. The Labute approximate surface area is 160 Å². The van der Waals surface area contributed by atoms with Gasteiger partial charge in [-0.3, -0.25) is 9.36 Å². The molecule has 2 heterocycles. The molecule has 8 nitrogen and oxygen atoms in total. The summed E-state index contributed by atoms with van der Waals surface area (Å²) in [7, 11) is 3.21. The molecule has 0 spiro atoms. The summed E-state index contributed by atoms with van der Waals surface area (Å²) in [4.78, 5) is 24.2. The van der Waals surface area contributed by atoms with Gasteiger partial charge in [0.25, 0.3) is 5.91 Å². The van der Waals surface area contributed by atoms with Gasteiger partial charge in [0, 0.05) is 25.0 Å². The first kappa shape index (κ1) is 17.6. The average molecular weight is 378 g/mol. The molecule has 1 amide bonds. The SMILES string of the molecule is COc1ccc(C)cc1-n1ccc(C(=O)Nc2ccc3c(c2)oc(=O)n3C)n1. The van der Waals surface area contributed by atoms with Crippen LogP contribution in [0.3, 0.4) is 0 Å². The number of fused-ring (bicyclic) bond motifs is 1. The third-order valence-electron chi connectivity index (χ3n) is 4.45. The van der Waals surface area contributed by atoms with Gasteiger partial charge in [0.05, 0.1) is 12.6 Å². The van der Waals surface area contributed by atoms with Crippen LogP contribution in [0.2, 0.25) is 0 Å². The number of anilines is 1. The highest BCUT2D eigenvalue weighted by atomic mass is 16.5. The number of ether oxygens (including phenoxy) is 1. The topological polar surface area (TPSA) is 91.3 Å². The molecule has 0 aliphatic heterocycles. The number of rotatable bonds is 4. The predicted octanol–water partition coefficient (Wildman–Crippen LogP) is 2.89. The zero-order valence-corrected chi connectivity index (χ0v) is 15.6. The number of carbonyl (C=O) groups excluding carboxylic acids is 1. The second-order valence-corrected chi connectivity index (χ2v) is 6.38. The average Bonchev–Trinajstić information content (AvgIpc) is 3.27. The number of hydrogen-bond donors (Lipinski definition) is 1. The summed E-state index contributed by atoms with van der Waals surface area (Å²) < 4.78 is 13.5. The zero-order valence-electron chi connectivity index (χ0n) is 15.6. The van der Waals surface area contributed by atoms with Crippen LogP contribution in [-0.4, -0.2) is 27.4 Å². The molecule has 4 aromatic rings. The fourth-order valence-electron chi connectivity index (χ4n) is 2.96. The second kappa shape index (κ2) is 6.73. The number of amides is 1. The van der Waals surface area contributed by atoms with Gasteiger partial charge < -0.3 is 14.5 Å². The van der Waals surface area contributed by atoms with Gasteiger partial charge in [0.1, 0.15) is 11.4 Å². The molecule has 1 N–H and O–H groups in total. The third kappa shape index (κ3) is 3.05. The van der Waals surface area contributed by atoms with Crippen molar-refractivity contribution in [2.24, 2.45) is 7.05 Å². The van der Waals surface area contributed by atoms with Crippen molar-refractivity contribution in [2.75, 3.05) is 12.4 Å². The van der Waals surface area contributed by atoms with Crippen LogP contribution in [0.25, 0.3) is 16.8 Å². The summed E-state index contributed by atoms with van der Waals surface area (Å²) in [5.74, 6) is -0.169. The molecule has 0 unspecified atom stereocenters. The van der Waals surface area contributed by atoms with Crippen molar-refractivity contribution in [3.05, 3.63) is 70.5 Å². The smallest absolute Gasteiger partial charge is 0.419 e. The molecule has 0 saturated heterocycles. The summed E-state index contributed by atoms with van der Waals surface area (Å²) in [6.45, 7) is 1.97. The number of methoxy groups -OCH3 is 1. The fraction of sp³-hybridized carbons (Fsp3) is 0.150. The molecule has 0 aliphatic rings. The van der Waals surface area contributed by atoms with E-state index in [1.807, 2.05) is 25.1 Å². The first-order chi connectivity index (χ1) is 13.5. The van der Waals surface area contributed by atoms with Gasteiger partial charge in [-0.15, -0.1) is 0 Å². The Morgan fingerprint density at radius 2 is 2.00 bits per heavy atom. The molecule has 0 bridgehead atoms. The zero-order chi connectivity index (χ0) is 19.8. The number of oxazole rings is 1. The number of benzene rings is 2. The van der Waals surface area contributed by atoms with Crippen LogP contribution in [0.1, 0.15) is 16.1 Å². The van der Waals surface area contributed by atoms with Gasteiger partial charge in [-0.05, 0) is 42.8 Å². The molecular weight excluding hydrogens is 360 g/mol. The van der Waals surface area contributed by atoms with E-state index in [9.17, 15) is 9.59 Å². The van der Waals surface area contributed by atoms with Crippen molar-refractivity contribution >= 4 is 22.7 Å². The van der Waals surface area contributed by atoms with Crippen molar-refractivity contribution in [1.82, 2.24) is 14.3 Å². The summed E-state index contributed by atoms with van der Waals surface area (Å²) in [6, 6.07) is 12.4. The van der Waals surface area contributed by atoms with E-state index in [2.05, 4.69) is 10.4 Å². The Bertz CT molecular complexity index is 1250. The third-order valence-corrected chi connectivity index (χ3v) is 4.45. The highest BCUT2D eigenvalue weighted by molar-refractivity contribution is 6.03. The molecule has 0 fully saturated rings. The van der Waals surface area contributed by atoms with Crippen LogP contribution >= 0.6 is 0 Å². The first-order valence-corrected chi connectivity index (χ1v) is 8.58. The summed E-state index contributed by atoms with van der Waals surface area (Å²) in [5, 5.41) is 7.12. The Morgan fingerprint density at radius 3 is 2.79 bits per heavy atom. The number of nitrogens with one attached hydrogen (secondary N) is 1. The van der Waals surface area contributed by atoms with Crippen molar-refractivity contribution < 1.29 is 13.9 Å². The van der Waals surface area contributed by atoms with Crippen LogP contribution in [0.5, 0.6) is 5.75 Å². The Hall–Kier alpha value is -3.81. The van der Waals surface area contributed by atoms with Crippen LogP contribution in [0.15, 0.2) is 57.9 Å². The van der Waals surface area contributed by atoms with Crippen molar-refractivity contribution in [3.63, 3.8) is 0 Å². The number of aryl methyl sites for hydroxylation is 2. The van der Waals surface area contributed by atoms with Crippen LogP contribution in [-0.2, 0) is 7.05 Å². The lowest BCUT2D eigenvalue weighted by Crippen LogP contribution is -2.13. The maximum Gasteiger partial charge on any atom is 0.419 e. The molecule has 8 heteroatoms. The van der Waals surface area contributed by atoms with Gasteiger partial charge in [0.15, 0.2) is 11.3 Å². The first-order valence-electron chi connectivity index (χ1n) is 8.58. The van der Waals surface area contributed by atoms with Gasteiger partial charge in [-0.2, -0.15) is 5.10 Å². The van der Waals surface area contributed by atoms with Crippen molar-refractivity contribution in [2.45, 2.75) is 6.92 Å². The number of hydrogen-bond acceptors (Lipinski definition) is 5. The fourth-order valence-corrected chi connectivity index (χ4v) is 2.96. The normalized spacial score (nSPS) is 11.0. The van der Waals surface area contributed by atoms with E-state index in [4.69, 9.17) is 9.15 Å². The van der Waals surface area contributed by atoms with E-state index in [0.717, 1.165) is 11.3 Å². The van der Waals surface area contributed by atoms with Gasteiger partial charge in [-0.1, -0.05) is 6.07 Å². The molecule has 4 rings (SSSR count). The molecule has 142 valence electrons. The number of aromatic nitrogens is 3. The lowest BCUT2D eigenvalue weighted by atomic mass is 10.2. The number of nitrogens with zero attached hydrogens (tertiary/aromatic N) is 3. The van der Waals surface area contributed by atoms with E-state index in [0.29, 0.717) is 22.5 Å². The molecule has 0 radical (unpaired) electrons. The largest absolute Gasteiger partial charge is 0.494 e. The Morgan fingerprint density at radius 1 is 1.18 bits per heavy atom. The van der Waals surface area contributed by atoms with Crippen molar-refractivity contribution in [3.8, 4) is 11.4 Å². The lowest BCUT2D eigenvalue weighted by Gasteiger charge is -2.09. The molecule has 2 aromatic carbocycles. The predicted molar refractivity (Wildman–Crippen MR) is 104 cm³/mol. The van der Waals surface area contributed by atoms with Gasteiger partial charge in [-0.25, -0.2) is 9.48 Å². The minimum atomic E-state index is -0.454. The van der Waals surface area contributed by atoms with Crippen LogP contribution in [0.4, 0.5) is 5.69 Å². The van der Waals surface area contributed by atoms with Crippen LogP contribution in [0, 0.1) is 6.92 Å². The number of carbonyl (C=O) groups is 1. The molecule has 0 aliphatic carbocycles. The Kier molecular flexibility index (Phi) is 4.23. The van der Waals surface area contributed by atoms with E-state index >= 15 is 0 Å². The van der Waals surface area contributed by atoms with Crippen molar-refractivity contribution in [1.29, 1.82) is 0 Å². The monoisotopic (exact) mass is 378 g/mol.